The average molecular weight is 683 g/mol. The average Bonchev–Trinajstić information content (AvgIpc) is 3.60. The standard InChI is InChI=1S/C39H47FN6O4/c1-38(2,3)50-37(48)46-27-9-6-10-28(46)22-44(21-27)35-31-12-15-43(34-17-29(47)16-25-8-4-5-11-30(25)34)23-33(31)32(19-41)36(42-35)49-24-39-13-7-14-45(39)20-26(40)18-39/h4-5,8,11,16-17,26-28,47H,6-7,9-10,12-15,18,20-24H2,1-3H3/t26-,27-,28+,39+/m1/s1. The number of amides is 1. The first-order valence-electron chi connectivity index (χ1n) is 18.2. The van der Waals surface area contributed by atoms with Gasteiger partial charge in [0.05, 0.1) is 17.6 Å². The van der Waals surface area contributed by atoms with Crippen LogP contribution in [0, 0.1) is 11.3 Å². The van der Waals surface area contributed by atoms with Gasteiger partial charge < -0.3 is 24.4 Å². The number of carbonyl (C=O) groups excluding carboxylic acids is 1. The molecule has 264 valence electrons. The summed E-state index contributed by atoms with van der Waals surface area (Å²) in [4.78, 5) is 27.3. The van der Waals surface area contributed by atoms with Gasteiger partial charge in [-0.2, -0.15) is 10.2 Å². The lowest BCUT2D eigenvalue weighted by Gasteiger charge is -2.50. The molecular weight excluding hydrogens is 635 g/mol. The number of alkyl halides is 1. The van der Waals surface area contributed by atoms with E-state index >= 15 is 0 Å². The Bertz CT molecular complexity index is 1840. The highest BCUT2D eigenvalue weighted by molar-refractivity contribution is 5.95. The lowest BCUT2D eigenvalue weighted by atomic mass is 9.90. The molecule has 2 bridgehead atoms. The summed E-state index contributed by atoms with van der Waals surface area (Å²) >= 11 is 0. The van der Waals surface area contributed by atoms with Crippen molar-refractivity contribution >= 4 is 28.4 Å². The molecule has 2 aromatic carbocycles. The number of ether oxygens (including phenoxy) is 2. The second-order valence-corrected chi connectivity index (χ2v) is 15.9. The van der Waals surface area contributed by atoms with Crippen molar-refractivity contribution in [2.24, 2.45) is 0 Å². The summed E-state index contributed by atoms with van der Waals surface area (Å²) in [6, 6.07) is 14.0. The van der Waals surface area contributed by atoms with E-state index in [0.717, 1.165) is 72.1 Å². The van der Waals surface area contributed by atoms with E-state index in [9.17, 15) is 19.6 Å². The van der Waals surface area contributed by atoms with E-state index in [1.807, 2.05) is 43.9 Å². The summed E-state index contributed by atoms with van der Waals surface area (Å²) in [6.07, 6.45) is 4.63. The Hall–Kier alpha value is -4.30. The summed E-state index contributed by atoms with van der Waals surface area (Å²) in [5.41, 5.74) is 2.28. The third kappa shape index (κ3) is 5.85. The smallest absolute Gasteiger partial charge is 0.410 e. The van der Waals surface area contributed by atoms with Gasteiger partial charge in [-0.25, -0.2) is 9.18 Å². The molecule has 0 saturated carbocycles. The van der Waals surface area contributed by atoms with Crippen LogP contribution in [0.1, 0.15) is 76.0 Å². The number of phenols is 1. The number of piperazine rings is 1. The zero-order valence-corrected chi connectivity index (χ0v) is 29.3. The molecule has 1 amide bonds. The van der Waals surface area contributed by atoms with Crippen LogP contribution in [0.15, 0.2) is 36.4 Å². The fourth-order valence-corrected chi connectivity index (χ4v) is 9.36. The number of phenolic OH excluding ortho intramolecular Hbond substituents is 1. The second-order valence-electron chi connectivity index (χ2n) is 15.9. The number of fused-ring (bicyclic) bond motifs is 5. The van der Waals surface area contributed by atoms with Gasteiger partial charge in [0.2, 0.25) is 5.88 Å². The molecule has 0 unspecified atom stereocenters. The van der Waals surface area contributed by atoms with Crippen molar-refractivity contribution in [1.82, 2.24) is 14.8 Å². The minimum Gasteiger partial charge on any atom is -0.508 e. The minimum atomic E-state index is -0.882. The van der Waals surface area contributed by atoms with Gasteiger partial charge >= 0.3 is 6.09 Å². The summed E-state index contributed by atoms with van der Waals surface area (Å²) in [5.74, 6) is 1.31. The molecular formula is C39H47FN6O4. The first-order valence-corrected chi connectivity index (χ1v) is 18.2. The number of nitriles is 1. The number of halogens is 1. The van der Waals surface area contributed by atoms with Crippen LogP contribution in [0.3, 0.4) is 0 Å². The van der Waals surface area contributed by atoms with Crippen LogP contribution in [0.2, 0.25) is 0 Å². The van der Waals surface area contributed by atoms with Gasteiger partial charge in [0.1, 0.15) is 41.6 Å². The van der Waals surface area contributed by atoms with Crippen molar-refractivity contribution < 1.29 is 23.8 Å². The van der Waals surface area contributed by atoms with Gasteiger partial charge in [0.15, 0.2) is 0 Å². The number of pyridine rings is 1. The second kappa shape index (κ2) is 12.5. The van der Waals surface area contributed by atoms with Crippen LogP contribution in [-0.4, -0.2) is 94.7 Å². The molecule has 11 heteroatoms. The van der Waals surface area contributed by atoms with E-state index in [1.54, 1.807) is 12.1 Å². The number of aromatic hydroxyl groups is 1. The van der Waals surface area contributed by atoms with Crippen molar-refractivity contribution in [3.63, 3.8) is 0 Å². The molecule has 0 spiro atoms. The van der Waals surface area contributed by atoms with Crippen LogP contribution in [-0.2, 0) is 17.7 Å². The van der Waals surface area contributed by atoms with Crippen LogP contribution in [0.5, 0.6) is 11.6 Å². The molecule has 3 aromatic rings. The molecule has 0 radical (unpaired) electrons. The molecule has 1 aromatic heterocycles. The van der Waals surface area contributed by atoms with E-state index in [4.69, 9.17) is 14.5 Å². The van der Waals surface area contributed by atoms with Crippen molar-refractivity contribution in [2.75, 3.05) is 49.1 Å². The predicted octanol–water partition coefficient (Wildman–Crippen LogP) is 6.31. The number of hydrogen-bond donors (Lipinski definition) is 1. The molecule has 6 heterocycles. The van der Waals surface area contributed by atoms with Crippen molar-refractivity contribution in [1.29, 1.82) is 5.26 Å². The van der Waals surface area contributed by atoms with Crippen LogP contribution in [0.25, 0.3) is 10.8 Å². The molecule has 4 fully saturated rings. The van der Waals surface area contributed by atoms with Crippen molar-refractivity contribution in [2.45, 2.75) is 102 Å². The van der Waals surface area contributed by atoms with E-state index in [0.29, 0.717) is 57.0 Å². The monoisotopic (exact) mass is 682 g/mol. The lowest BCUT2D eigenvalue weighted by molar-refractivity contribution is -0.00981. The number of rotatable bonds is 5. The highest BCUT2D eigenvalue weighted by Crippen LogP contribution is 2.43. The van der Waals surface area contributed by atoms with Crippen LogP contribution in [0.4, 0.5) is 20.7 Å². The molecule has 50 heavy (non-hydrogen) atoms. The van der Waals surface area contributed by atoms with Gasteiger partial charge in [-0.1, -0.05) is 24.3 Å². The highest BCUT2D eigenvalue weighted by atomic mass is 19.1. The Morgan fingerprint density at radius 2 is 1.86 bits per heavy atom. The largest absolute Gasteiger partial charge is 0.508 e. The quantitative estimate of drug-likeness (QED) is 0.332. The topological polar surface area (TPSA) is 105 Å². The highest BCUT2D eigenvalue weighted by Gasteiger charge is 2.50. The van der Waals surface area contributed by atoms with Crippen LogP contribution >= 0.6 is 0 Å². The van der Waals surface area contributed by atoms with Gasteiger partial charge in [0.25, 0.3) is 0 Å². The Balaban J connectivity index is 1.17. The maximum Gasteiger partial charge on any atom is 0.410 e. The summed E-state index contributed by atoms with van der Waals surface area (Å²) in [5, 5.41) is 23.4. The number of carbonyl (C=O) groups is 1. The third-order valence-corrected chi connectivity index (χ3v) is 11.5. The van der Waals surface area contributed by atoms with E-state index in [2.05, 4.69) is 26.8 Å². The van der Waals surface area contributed by atoms with E-state index in [1.165, 1.54) is 0 Å². The van der Waals surface area contributed by atoms with Crippen LogP contribution < -0.4 is 14.5 Å². The number of anilines is 2. The number of piperidine rings is 1. The summed E-state index contributed by atoms with van der Waals surface area (Å²) in [7, 11) is 0. The van der Waals surface area contributed by atoms with Gasteiger partial charge in [-0.3, -0.25) is 9.80 Å². The normalized spacial score (nSPS) is 26.5. The molecule has 0 aliphatic carbocycles. The summed E-state index contributed by atoms with van der Waals surface area (Å²) in [6.45, 7) is 9.63. The first kappa shape index (κ1) is 32.9. The Morgan fingerprint density at radius 3 is 2.62 bits per heavy atom. The number of hydrogen-bond acceptors (Lipinski definition) is 9. The molecule has 4 saturated heterocycles. The van der Waals surface area contributed by atoms with Crippen molar-refractivity contribution in [3.05, 3.63) is 53.1 Å². The Morgan fingerprint density at radius 1 is 1.08 bits per heavy atom. The van der Waals surface area contributed by atoms with Crippen molar-refractivity contribution in [3.8, 4) is 17.7 Å². The Labute approximate surface area is 293 Å². The molecule has 5 aliphatic heterocycles. The zero-order chi connectivity index (χ0) is 34.8. The fraction of sp³-hybridized carbons (Fsp3) is 0.564. The molecule has 4 atom stereocenters. The predicted molar refractivity (Wildman–Crippen MR) is 190 cm³/mol. The molecule has 8 rings (SSSR count). The number of benzene rings is 2. The Kier molecular flexibility index (Phi) is 8.21. The number of nitrogens with zero attached hydrogens (tertiary/aromatic N) is 6. The minimum absolute atomic E-state index is 0.0144. The van der Waals surface area contributed by atoms with Gasteiger partial charge in [0, 0.05) is 67.4 Å². The zero-order valence-electron chi connectivity index (χ0n) is 29.3. The fourth-order valence-electron chi connectivity index (χ4n) is 9.36. The summed E-state index contributed by atoms with van der Waals surface area (Å²) < 4.78 is 27.1. The maximum atomic E-state index is 14.7. The third-order valence-electron chi connectivity index (χ3n) is 11.5. The molecule has 5 aliphatic rings. The SMILES string of the molecule is CC(C)(C)OC(=O)N1[C@@H]2CCC[C@H]1CN(c1nc(OC[C@@]34CCCN3C[C@H](F)C4)c(C#N)c3c1CCN(c1cc(O)cc4ccccc14)C3)C2. The number of aromatic nitrogens is 1. The lowest BCUT2D eigenvalue weighted by Crippen LogP contribution is -2.63. The molecule has 1 N–H and O–H groups in total. The van der Waals surface area contributed by atoms with E-state index in [-0.39, 0.29) is 36.1 Å². The van der Waals surface area contributed by atoms with Gasteiger partial charge in [-0.05, 0) is 77.3 Å². The molecule has 10 nitrogen and oxygen atoms in total. The first-order chi connectivity index (χ1) is 24.0. The van der Waals surface area contributed by atoms with E-state index < -0.39 is 11.8 Å². The van der Waals surface area contributed by atoms with Gasteiger partial charge in [-0.15, -0.1) is 0 Å². The maximum absolute atomic E-state index is 14.7.